The molecule has 0 aliphatic rings. The summed E-state index contributed by atoms with van der Waals surface area (Å²) in [5.41, 5.74) is 7.67. The number of carboxylic acid groups (broad SMARTS) is 1. The predicted octanol–water partition coefficient (Wildman–Crippen LogP) is 7.20. The fraction of sp³-hybridized carbons (Fsp3) is 0.900. The Balaban J connectivity index is 0. The summed E-state index contributed by atoms with van der Waals surface area (Å²) in [4.78, 5) is 13.5. The molecule has 0 spiro atoms. The second-order valence-corrected chi connectivity index (χ2v) is 11.2. The van der Waals surface area contributed by atoms with Gasteiger partial charge in [-0.15, -0.1) is 11.8 Å². The van der Waals surface area contributed by atoms with E-state index in [1.165, 1.54) is 76.0 Å². The summed E-state index contributed by atoms with van der Waals surface area (Å²) in [6.07, 6.45) is 13.9. The smallest absolute Gasteiger partial charge is 0.319 e. The third-order valence-electron chi connectivity index (χ3n) is 4.05. The Kier molecular flexibility index (Phi) is 23.5. The highest BCUT2D eigenvalue weighted by Gasteiger charge is 2.29. The van der Waals surface area contributed by atoms with Crippen LogP contribution in [0, 0.1) is 0 Å². The van der Waals surface area contributed by atoms with Crippen LogP contribution in [0.4, 0.5) is 0 Å². The second-order valence-electron chi connectivity index (χ2n) is 7.23. The van der Waals surface area contributed by atoms with Crippen molar-refractivity contribution in [1.29, 1.82) is 0 Å². The first kappa shape index (κ1) is 30.7. The minimum atomic E-state index is -0.818. The summed E-state index contributed by atoms with van der Waals surface area (Å²) in [7, 11) is 0. The predicted molar refractivity (Wildman–Crippen MR) is 132 cm³/mol. The van der Waals surface area contributed by atoms with E-state index in [1.54, 1.807) is 25.6 Å². The first-order valence-electron chi connectivity index (χ1n) is 10.5. The van der Waals surface area contributed by atoms with E-state index in [0.29, 0.717) is 13.0 Å². The van der Waals surface area contributed by atoms with Crippen LogP contribution in [0.25, 0.3) is 10.4 Å². The van der Waals surface area contributed by atoms with Crippen molar-refractivity contribution in [2.24, 2.45) is 5.11 Å². The van der Waals surface area contributed by atoms with Gasteiger partial charge in [-0.3, -0.25) is 4.79 Å². The molecule has 0 rings (SSSR count). The van der Waals surface area contributed by atoms with E-state index < -0.39 is 10.7 Å². The molecule has 6 nitrogen and oxygen atoms in total. The molecule has 0 amide bonds. The minimum Gasteiger partial charge on any atom is -0.480 e. The van der Waals surface area contributed by atoms with Gasteiger partial charge >= 0.3 is 5.97 Å². The second kappa shape index (κ2) is 22.2. The van der Waals surface area contributed by atoms with E-state index >= 15 is 0 Å². The normalized spacial score (nSPS) is 10.6. The third-order valence-corrected chi connectivity index (χ3v) is 6.84. The summed E-state index contributed by atoms with van der Waals surface area (Å²) in [5, 5.41) is 20.4. The van der Waals surface area contributed by atoms with Gasteiger partial charge in [0, 0.05) is 18.1 Å². The van der Waals surface area contributed by atoms with Crippen LogP contribution in [0.1, 0.15) is 91.4 Å². The van der Waals surface area contributed by atoms with Crippen LogP contribution >= 0.6 is 35.7 Å². The molecule has 170 valence electrons. The van der Waals surface area contributed by atoms with Crippen molar-refractivity contribution < 1.29 is 15.0 Å². The van der Waals surface area contributed by atoms with Crippen LogP contribution in [-0.2, 0) is 4.79 Å². The highest BCUT2D eigenvalue weighted by atomic mass is 32.2. The van der Waals surface area contributed by atoms with Gasteiger partial charge in [0.1, 0.15) is 8.28 Å². The van der Waals surface area contributed by atoms with E-state index in [-0.39, 0.29) is 6.61 Å². The van der Waals surface area contributed by atoms with Crippen molar-refractivity contribution in [1.82, 2.24) is 0 Å². The molecule has 29 heavy (non-hydrogen) atoms. The summed E-state index contributed by atoms with van der Waals surface area (Å²) >= 11 is 8.17. The lowest BCUT2D eigenvalue weighted by atomic mass is 10.1. The fourth-order valence-electron chi connectivity index (χ4n) is 2.21. The molecule has 0 aliphatic heterocycles. The van der Waals surface area contributed by atoms with Crippen LogP contribution in [0.2, 0.25) is 0 Å². The number of azide groups is 1. The number of unbranched alkanes of at least 4 members (excludes halogenated alkanes) is 9. The summed E-state index contributed by atoms with van der Waals surface area (Å²) < 4.78 is -0.0645. The molecule has 0 atom stereocenters. The molecule has 0 saturated carbocycles. The summed E-state index contributed by atoms with van der Waals surface area (Å²) in [5.74, 6) is 0.206. The van der Waals surface area contributed by atoms with Crippen LogP contribution in [0.5, 0.6) is 0 Å². The number of hydrogen-bond donors (Lipinski definition) is 2. The molecular weight excluding hydrogens is 426 g/mol. The number of carbonyl (C=O) groups is 1. The highest BCUT2D eigenvalue weighted by Crippen LogP contribution is 2.31. The average molecular weight is 466 g/mol. The lowest BCUT2D eigenvalue weighted by molar-refractivity contribution is -0.138. The highest BCUT2D eigenvalue weighted by molar-refractivity contribution is 8.47. The van der Waals surface area contributed by atoms with Gasteiger partial charge in [-0.1, -0.05) is 93.8 Å². The number of hydrogen-bond acceptors (Lipinski definition) is 6. The maximum atomic E-state index is 11.0. The lowest BCUT2D eigenvalue weighted by Gasteiger charge is -2.18. The van der Waals surface area contributed by atoms with Crippen molar-refractivity contribution in [3.8, 4) is 0 Å². The van der Waals surface area contributed by atoms with E-state index in [1.807, 2.05) is 0 Å². The molecule has 0 heterocycles. The fourth-order valence-corrected chi connectivity index (χ4v) is 5.22. The van der Waals surface area contributed by atoms with E-state index in [9.17, 15) is 4.79 Å². The van der Waals surface area contributed by atoms with Crippen LogP contribution in [0.3, 0.4) is 0 Å². The molecule has 0 aromatic heterocycles. The van der Waals surface area contributed by atoms with Gasteiger partial charge in [-0.05, 0) is 38.0 Å². The van der Waals surface area contributed by atoms with Crippen molar-refractivity contribution in [2.75, 3.05) is 18.9 Å². The SMILES string of the molecule is CCCCCCCCCCCCSC(=S)SC(C)(C)C(=O)O.[N-]=[N+]=NCCCO. The zero-order chi connectivity index (χ0) is 22.4. The molecule has 0 radical (unpaired) electrons. The molecule has 0 aromatic carbocycles. The minimum absolute atomic E-state index is 0.0962. The Morgan fingerprint density at radius 2 is 1.55 bits per heavy atom. The van der Waals surface area contributed by atoms with Gasteiger partial charge in [-0.25, -0.2) is 0 Å². The maximum Gasteiger partial charge on any atom is 0.319 e. The van der Waals surface area contributed by atoms with E-state index in [0.717, 1.165) is 9.28 Å². The molecule has 0 bridgehead atoms. The van der Waals surface area contributed by atoms with Gasteiger partial charge in [0.2, 0.25) is 0 Å². The van der Waals surface area contributed by atoms with E-state index in [2.05, 4.69) is 16.9 Å². The Morgan fingerprint density at radius 3 is 2.00 bits per heavy atom. The molecular formula is C20H39N3O3S3. The monoisotopic (exact) mass is 465 g/mol. The Labute approximate surface area is 190 Å². The molecule has 9 heteroatoms. The van der Waals surface area contributed by atoms with Gasteiger partial charge in [0.05, 0.1) is 0 Å². The Hall–Kier alpha value is -0.470. The van der Waals surface area contributed by atoms with Crippen LogP contribution in [0.15, 0.2) is 5.11 Å². The first-order valence-corrected chi connectivity index (χ1v) is 12.7. The molecule has 2 N–H and O–H groups in total. The average Bonchev–Trinajstić information content (AvgIpc) is 2.66. The number of aliphatic hydroxyl groups is 1. The first-order chi connectivity index (χ1) is 13.8. The number of aliphatic carboxylic acids is 1. The van der Waals surface area contributed by atoms with Crippen LogP contribution < -0.4 is 0 Å². The number of thiocarbonyl (C=S) groups is 1. The number of rotatable bonds is 16. The molecule has 0 fully saturated rings. The zero-order valence-electron chi connectivity index (χ0n) is 18.3. The van der Waals surface area contributed by atoms with Gasteiger partial charge in [0.15, 0.2) is 0 Å². The van der Waals surface area contributed by atoms with Gasteiger partial charge in [-0.2, -0.15) is 0 Å². The molecule has 0 aromatic rings. The summed E-state index contributed by atoms with van der Waals surface area (Å²) in [6.45, 7) is 6.15. The largest absolute Gasteiger partial charge is 0.480 e. The van der Waals surface area contributed by atoms with Gasteiger partial charge < -0.3 is 10.2 Å². The summed E-state index contributed by atoms with van der Waals surface area (Å²) in [6, 6.07) is 0. The molecule has 0 saturated heterocycles. The van der Waals surface area contributed by atoms with Gasteiger partial charge in [0.25, 0.3) is 0 Å². The standard InChI is InChI=1S/C17H32O2S3.C3H7N3O/c1-4-5-6-7-8-9-10-11-12-13-14-21-16(20)22-17(2,3)15(18)19;4-6-5-2-1-3-7/h4-14H2,1-3H3,(H,18,19);7H,1-3H2. The lowest BCUT2D eigenvalue weighted by Crippen LogP contribution is -2.28. The van der Waals surface area contributed by atoms with Crippen molar-refractivity contribution in [3.63, 3.8) is 0 Å². The Bertz CT molecular complexity index is 471. The van der Waals surface area contributed by atoms with E-state index in [4.69, 9.17) is 28.0 Å². The quantitative estimate of drug-likeness (QED) is 0.0820. The molecule has 0 aliphatic carbocycles. The third kappa shape index (κ3) is 23.7. The van der Waals surface area contributed by atoms with Crippen molar-refractivity contribution in [2.45, 2.75) is 96.1 Å². The Morgan fingerprint density at radius 1 is 1.03 bits per heavy atom. The van der Waals surface area contributed by atoms with Crippen molar-refractivity contribution in [3.05, 3.63) is 10.4 Å². The zero-order valence-corrected chi connectivity index (χ0v) is 20.7. The number of carboxylic acids is 1. The molecule has 0 unspecified atom stereocenters. The van der Waals surface area contributed by atoms with Crippen LogP contribution in [-0.4, -0.2) is 43.4 Å². The topological polar surface area (TPSA) is 106 Å². The number of thioether (sulfide) groups is 2. The maximum absolute atomic E-state index is 11.0. The number of aliphatic hydroxyl groups excluding tert-OH is 1. The van der Waals surface area contributed by atoms with Crippen molar-refractivity contribution >= 4 is 45.2 Å². The number of nitrogens with zero attached hydrogens (tertiary/aromatic N) is 3.